The Morgan fingerprint density at radius 3 is 2.57 bits per heavy atom. The van der Waals surface area contributed by atoms with Crippen molar-refractivity contribution in [2.24, 2.45) is 5.92 Å². The first-order valence-corrected chi connectivity index (χ1v) is 5.68. The quantitative estimate of drug-likeness (QED) is 0.750. The topological polar surface area (TPSA) is 12.0 Å². The minimum absolute atomic E-state index is 0.577. The monoisotopic (exact) mass is 189 g/mol. The smallest absolute Gasteiger partial charge is 0.0322 e. The summed E-state index contributed by atoms with van der Waals surface area (Å²) in [5.74, 6) is 0.985. The molecule has 0 bridgehead atoms. The Labute approximate surface area is 86.5 Å². The van der Waals surface area contributed by atoms with Crippen molar-refractivity contribution in [2.75, 3.05) is 6.54 Å². The van der Waals surface area contributed by atoms with Gasteiger partial charge in [0.05, 0.1) is 0 Å². The summed E-state index contributed by atoms with van der Waals surface area (Å²) in [6.45, 7) is 3.25. The van der Waals surface area contributed by atoms with Gasteiger partial charge < -0.3 is 5.32 Å². The minimum atomic E-state index is 0.577. The van der Waals surface area contributed by atoms with Gasteiger partial charge >= 0.3 is 0 Å². The van der Waals surface area contributed by atoms with Crippen LogP contribution in [0.15, 0.2) is 30.3 Å². The molecule has 14 heavy (non-hydrogen) atoms. The van der Waals surface area contributed by atoms with Gasteiger partial charge in [-0.1, -0.05) is 50.1 Å². The lowest BCUT2D eigenvalue weighted by molar-refractivity contribution is 0.487. The summed E-state index contributed by atoms with van der Waals surface area (Å²) < 4.78 is 0. The van der Waals surface area contributed by atoms with Crippen molar-refractivity contribution in [2.45, 2.75) is 32.2 Å². The first kappa shape index (κ1) is 9.72. The molecule has 1 nitrogen and oxygen atoms in total. The number of nitrogens with one attached hydrogen (secondary N) is 1. The van der Waals surface area contributed by atoms with Crippen molar-refractivity contribution in [1.29, 1.82) is 0 Å². The van der Waals surface area contributed by atoms with Gasteiger partial charge in [0, 0.05) is 6.04 Å². The molecular weight excluding hydrogens is 170 g/mol. The molecular formula is C13H19N. The lowest BCUT2D eigenvalue weighted by Gasteiger charge is -2.17. The van der Waals surface area contributed by atoms with Crippen LogP contribution < -0.4 is 5.32 Å². The van der Waals surface area contributed by atoms with E-state index >= 15 is 0 Å². The van der Waals surface area contributed by atoms with Gasteiger partial charge in [-0.05, 0) is 24.4 Å². The summed E-state index contributed by atoms with van der Waals surface area (Å²) in [4.78, 5) is 0. The van der Waals surface area contributed by atoms with Gasteiger partial charge in [0.1, 0.15) is 0 Å². The van der Waals surface area contributed by atoms with Crippen molar-refractivity contribution in [1.82, 2.24) is 5.32 Å². The Hall–Kier alpha value is -0.820. The third-order valence-corrected chi connectivity index (χ3v) is 2.92. The molecule has 1 N–H and O–H groups in total. The largest absolute Gasteiger partial charge is 0.310 e. The van der Waals surface area contributed by atoms with E-state index in [1.165, 1.54) is 24.8 Å². The van der Waals surface area contributed by atoms with Crippen LogP contribution in [0.1, 0.15) is 37.8 Å². The SMILES string of the molecule is CCNC(CC1CC1)c1ccccc1. The molecule has 0 amide bonds. The van der Waals surface area contributed by atoms with Crippen LogP contribution in [0.3, 0.4) is 0 Å². The van der Waals surface area contributed by atoms with Gasteiger partial charge in [0.25, 0.3) is 0 Å². The zero-order valence-corrected chi connectivity index (χ0v) is 8.87. The van der Waals surface area contributed by atoms with E-state index in [1.54, 1.807) is 0 Å². The standard InChI is InChI=1S/C13H19N/c1-2-14-13(10-11-8-9-11)12-6-4-3-5-7-12/h3-7,11,13-14H,2,8-10H2,1H3. The molecule has 0 spiro atoms. The molecule has 2 rings (SSSR count). The van der Waals surface area contributed by atoms with E-state index in [9.17, 15) is 0 Å². The summed E-state index contributed by atoms with van der Waals surface area (Å²) in [6.07, 6.45) is 4.20. The van der Waals surface area contributed by atoms with Crippen molar-refractivity contribution < 1.29 is 0 Å². The predicted molar refractivity (Wildman–Crippen MR) is 60.2 cm³/mol. The zero-order chi connectivity index (χ0) is 9.80. The van der Waals surface area contributed by atoms with Crippen molar-refractivity contribution in [3.05, 3.63) is 35.9 Å². The van der Waals surface area contributed by atoms with Gasteiger partial charge in [-0.25, -0.2) is 0 Å². The molecule has 1 aromatic carbocycles. The van der Waals surface area contributed by atoms with Crippen LogP contribution in [0, 0.1) is 5.92 Å². The second kappa shape index (κ2) is 4.61. The van der Waals surface area contributed by atoms with Gasteiger partial charge in [0.2, 0.25) is 0 Å². The predicted octanol–water partition coefficient (Wildman–Crippen LogP) is 3.14. The number of rotatable bonds is 5. The molecule has 1 saturated carbocycles. The summed E-state index contributed by atoms with van der Waals surface area (Å²) in [7, 11) is 0. The molecule has 0 saturated heterocycles. The Balaban J connectivity index is 2.01. The Kier molecular flexibility index (Phi) is 3.20. The van der Waals surface area contributed by atoms with E-state index in [1.807, 2.05) is 0 Å². The van der Waals surface area contributed by atoms with Gasteiger partial charge in [-0.2, -0.15) is 0 Å². The fourth-order valence-corrected chi connectivity index (χ4v) is 1.96. The highest BCUT2D eigenvalue weighted by molar-refractivity contribution is 5.19. The van der Waals surface area contributed by atoms with Crippen molar-refractivity contribution in [3.63, 3.8) is 0 Å². The molecule has 1 fully saturated rings. The van der Waals surface area contributed by atoms with E-state index in [0.29, 0.717) is 6.04 Å². The van der Waals surface area contributed by atoms with Gasteiger partial charge in [-0.3, -0.25) is 0 Å². The molecule has 1 atom stereocenters. The normalized spacial score (nSPS) is 18.1. The highest BCUT2D eigenvalue weighted by Gasteiger charge is 2.25. The summed E-state index contributed by atoms with van der Waals surface area (Å²) in [5.41, 5.74) is 1.45. The molecule has 1 aromatic rings. The molecule has 0 aromatic heterocycles. The zero-order valence-electron chi connectivity index (χ0n) is 8.87. The maximum atomic E-state index is 3.57. The Morgan fingerprint density at radius 1 is 1.29 bits per heavy atom. The summed E-state index contributed by atoms with van der Waals surface area (Å²) in [5, 5.41) is 3.57. The fourth-order valence-electron chi connectivity index (χ4n) is 1.96. The number of hydrogen-bond donors (Lipinski definition) is 1. The molecule has 0 radical (unpaired) electrons. The lowest BCUT2D eigenvalue weighted by atomic mass is 10.0. The van der Waals surface area contributed by atoms with E-state index in [-0.39, 0.29) is 0 Å². The van der Waals surface area contributed by atoms with Crippen LogP contribution in [-0.4, -0.2) is 6.54 Å². The van der Waals surface area contributed by atoms with Crippen LogP contribution in [0.5, 0.6) is 0 Å². The maximum Gasteiger partial charge on any atom is 0.0322 e. The van der Waals surface area contributed by atoms with Crippen LogP contribution in [0.2, 0.25) is 0 Å². The van der Waals surface area contributed by atoms with Crippen LogP contribution in [-0.2, 0) is 0 Å². The van der Waals surface area contributed by atoms with E-state index < -0.39 is 0 Å². The Bertz CT molecular complexity index is 264. The Morgan fingerprint density at radius 2 is 2.00 bits per heavy atom. The second-order valence-corrected chi connectivity index (χ2v) is 4.20. The summed E-state index contributed by atoms with van der Waals surface area (Å²) in [6, 6.07) is 11.4. The second-order valence-electron chi connectivity index (χ2n) is 4.20. The third-order valence-electron chi connectivity index (χ3n) is 2.92. The average Bonchev–Trinajstić information content (AvgIpc) is 3.03. The van der Waals surface area contributed by atoms with Crippen LogP contribution in [0.25, 0.3) is 0 Å². The maximum absolute atomic E-state index is 3.57. The molecule has 76 valence electrons. The molecule has 1 aliphatic carbocycles. The van der Waals surface area contributed by atoms with E-state index in [4.69, 9.17) is 0 Å². The lowest BCUT2D eigenvalue weighted by Crippen LogP contribution is -2.21. The van der Waals surface area contributed by atoms with E-state index in [0.717, 1.165) is 12.5 Å². The highest BCUT2D eigenvalue weighted by atomic mass is 14.9. The first-order valence-electron chi connectivity index (χ1n) is 5.68. The van der Waals surface area contributed by atoms with Gasteiger partial charge in [0.15, 0.2) is 0 Å². The van der Waals surface area contributed by atoms with E-state index in [2.05, 4.69) is 42.6 Å². The highest BCUT2D eigenvalue weighted by Crippen LogP contribution is 2.37. The van der Waals surface area contributed by atoms with Gasteiger partial charge in [-0.15, -0.1) is 0 Å². The number of hydrogen-bond acceptors (Lipinski definition) is 1. The molecule has 1 aliphatic rings. The van der Waals surface area contributed by atoms with Crippen LogP contribution >= 0.6 is 0 Å². The average molecular weight is 189 g/mol. The third kappa shape index (κ3) is 2.58. The molecule has 1 heteroatoms. The minimum Gasteiger partial charge on any atom is -0.310 e. The summed E-state index contributed by atoms with van der Waals surface area (Å²) >= 11 is 0. The molecule has 0 heterocycles. The van der Waals surface area contributed by atoms with Crippen LogP contribution in [0.4, 0.5) is 0 Å². The molecule has 0 aliphatic heterocycles. The van der Waals surface area contributed by atoms with Crippen molar-refractivity contribution >= 4 is 0 Å². The number of benzene rings is 1. The first-order chi connectivity index (χ1) is 6.90. The fraction of sp³-hybridized carbons (Fsp3) is 0.538. The van der Waals surface area contributed by atoms with Crippen molar-refractivity contribution in [3.8, 4) is 0 Å². The molecule has 1 unspecified atom stereocenters.